The Kier molecular flexibility index (Phi) is 8.71. The number of cyclic esters (lactones) is 1. The molecule has 46 heavy (non-hydrogen) atoms. The van der Waals surface area contributed by atoms with Crippen LogP contribution in [0.5, 0.6) is 0 Å². The number of hydrogen-bond donors (Lipinski definition) is 5. The molecule has 0 aromatic heterocycles. The number of ether oxygens (including phenoxy) is 5. The van der Waals surface area contributed by atoms with Crippen molar-refractivity contribution in [1.82, 2.24) is 0 Å². The van der Waals surface area contributed by atoms with Gasteiger partial charge < -0.3 is 49.2 Å². The molecule has 4 saturated carbocycles. The molecule has 0 aromatic rings. The van der Waals surface area contributed by atoms with Crippen molar-refractivity contribution in [3.05, 3.63) is 11.6 Å². The van der Waals surface area contributed by atoms with Crippen molar-refractivity contribution in [2.24, 2.45) is 34.5 Å². The van der Waals surface area contributed by atoms with E-state index in [0.717, 1.165) is 44.1 Å². The van der Waals surface area contributed by atoms with E-state index in [2.05, 4.69) is 6.92 Å². The van der Waals surface area contributed by atoms with Crippen LogP contribution in [0, 0.1) is 34.5 Å². The molecule has 11 nitrogen and oxygen atoms in total. The van der Waals surface area contributed by atoms with Gasteiger partial charge in [0.15, 0.2) is 12.6 Å². The molecule has 5 N–H and O–H groups in total. The topological polar surface area (TPSA) is 164 Å². The van der Waals surface area contributed by atoms with Crippen molar-refractivity contribution >= 4 is 5.97 Å². The summed E-state index contributed by atoms with van der Waals surface area (Å²) in [4.78, 5) is 11.9. The van der Waals surface area contributed by atoms with Gasteiger partial charge in [-0.25, -0.2) is 4.79 Å². The van der Waals surface area contributed by atoms with E-state index in [1.807, 2.05) is 13.8 Å². The van der Waals surface area contributed by atoms with Crippen LogP contribution in [0.3, 0.4) is 0 Å². The highest BCUT2D eigenvalue weighted by molar-refractivity contribution is 5.85. The van der Waals surface area contributed by atoms with Crippen LogP contribution >= 0.6 is 0 Å². The second-order valence-electron chi connectivity index (χ2n) is 16.1. The zero-order chi connectivity index (χ0) is 32.8. The van der Waals surface area contributed by atoms with E-state index in [1.165, 1.54) is 0 Å². The second-order valence-corrected chi connectivity index (χ2v) is 16.1. The highest BCUT2D eigenvalue weighted by atomic mass is 16.7. The van der Waals surface area contributed by atoms with Crippen LogP contribution in [0.15, 0.2) is 11.6 Å². The molecular weight excluding hydrogens is 596 g/mol. The summed E-state index contributed by atoms with van der Waals surface area (Å²) >= 11 is 0. The Morgan fingerprint density at radius 1 is 0.826 bits per heavy atom. The van der Waals surface area contributed by atoms with Gasteiger partial charge in [-0.1, -0.05) is 13.8 Å². The molecule has 7 aliphatic rings. The third-order valence-corrected chi connectivity index (χ3v) is 14.0. The van der Waals surface area contributed by atoms with Gasteiger partial charge in [-0.3, -0.25) is 0 Å². The lowest BCUT2D eigenvalue weighted by Gasteiger charge is -2.65. The van der Waals surface area contributed by atoms with Crippen molar-refractivity contribution in [2.45, 2.75) is 159 Å². The van der Waals surface area contributed by atoms with Gasteiger partial charge in [0.25, 0.3) is 0 Å². The molecule has 0 amide bonds. The first-order valence-corrected chi connectivity index (χ1v) is 17.7. The molecule has 1 unspecified atom stereocenters. The summed E-state index contributed by atoms with van der Waals surface area (Å²) in [5.74, 6) is 0.294. The van der Waals surface area contributed by atoms with Crippen LogP contribution in [0.1, 0.15) is 91.9 Å². The normalized spacial score (nSPS) is 55.6. The van der Waals surface area contributed by atoms with E-state index < -0.39 is 66.3 Å². The van der Waals surface area contributed by atoms with Gasteiger partial charge in [-0.2, -0.15) is 0 Å². The van der Waals surface area contributed by atoms with Gasteiger partial charge in [-0.15, -0.1) is 0 Å². The number of hydrogen-bond acceptors (Lipinski definition) is 11. The highest BCUT2D eigenvalue weighted by Crippen LogP contribution is 2.70. The summed E-state index contributed by atoms with van der Waals surface area (Å²) in [5, 5.41) is 55.4. The molecule has 2 saturated heterocycles. The number of aliphatic hydroxyl groups excluding tert-OH is 4. The molecule has 260 valence electrons. The predicted octanol–water partition coefficient (Wildman–Crippen LogP) is 2.34. The monoisotopic (exact) mass is 650 g/mol. The van der Waals surface area contributed by atoms with Crippen molar-refractivity contribution in [1.29, 1.82) is 0 Å². The van der Waals surface area contributed by atoms with Crippen LogP contribution in [0.25, 0.3) is 0 Å². The van der Waals surface area contributed by atoms with Crippen LogP contribution in [-0.2, 0) is 28.5 Å². The van der Waals surface area contributed by atoms with E-state index >= 15 is 0 Å². The molecular formula is C35H54O11. The van der Waals surface area contributed by atoms with Crippen molar-refractivity contribution in [3.8, 4) is 0 Å². The number of aliphatic hydroxyl groups is 5. The number of esters is 1. The fraction of sp³-hybridized carbons (Fsp3) is 0.914. The lowest BCUT2D eigenvalue weighted by atomic mass is 9.42. The molecule has 0 spiro atoms. The summed E-state index contributed by atoms with van der Waals surface area (Å²) in [6.45, 7) is 8.18. The minimum atomic E-state index is -0.993. The maximum Gasteiger partial charge on any atom is 0.331 e. The molecule has 0 radical (unpaired) electrons. The highest BCUT2D eigenvalue weighted by Gasteiger charge is 2.70. The summed E-state index contributed by atoms with van der Waals surface area (Å²) < 4.78 is 29.7. The third kappa shape index (κ3) is 5.22. The summed E-state index contributed by atoms with van der Waals surface area (Å²) in [6, 6.07) is 0. The zero-order valence-electron chi connectivity index (χ0n) is 27.6. The molecule has 7 rings (SSSR count). The first kappa shape index (κ1) is 33.4. The quantitative estimate of drug-likeness (QED) is 0.219. The molecule has 11 heteroatoms. The van der Waals surface area contributed by atoms with Gasteiger partial charge in [0, 0.05) is 24.3 Å². The number of rotatable bonds is 5. The smallest absolute Gasteiger partial charge is 0.331 e. The lowest BCUT2D eigenvalue weighted by Crippen LogP contribution is -2.67. The minimum absolute atomic E-state index is 0.0137. The maximum absolute atomic E-state index is 12.5. The van der Waals surface area contributed by atoms with Crippen molar-refractivity contribution in [2.75, 3.05) is 6.61 Å². The zero-order valence-corrected chi connectivity index (χ0v) is 27.6. The Morgan fingerprint density at radius 3 is 2.24 bits per heavy atom. The SMILES string of the molecule is C[C@H]1O[C@@H](O[C@H]2[C@@H](O)CC(O[C@H]3CC[C@@]4(C)[C@H](CC[C@@H]5[C@@H]4C[C@@H](O)[C@]4(C)[C@@H](C6=CC(=O)OC6)CC[C@]54O)C3)O[C@@H]2C)C[C@H](O)[C@@H]1O. The molecule has 6 fully saturated rings. The Bertz CT molecular complexity index is 1170. The molecule has 17 atom stereocenters. The molecule has 3 aliphatic heterocycles. The van der Waals surface area contributed by atoms with Crippen LogP contribution in [-0.4, -0.2) is 105 Å². The molecule has 3 heterocycles. The Morgan fingerprint density at radius 2 is 1.54 bits per heavy atom. The average molecular weight is 651 g/mol. The van der Waals surface area contributed by atoms with Gasteiger partial charge in [0.1, 0.15) is 18.8 Å². The first-order valence-electron chi connectivity index (χ1n) is 17.7. The average Bonchev–Trinajstić information content (AvgIpc) is 3.55. The van der Waals surface area contributed by atoms with Crippen molar-refractivity contribution < 1.29 is 54.0 Å². The van der Waals surface area contributed by atoms with Crippen molar-refractivity contribution in [3.63, 3.8) is 0 Å². The van der Waals surface area contributed by atoms with Crippen LogP contribution in [0.4, 0.5) is 0 Å². The standard InChI is InChI=1S/C35H54O11/c1-17-31(40)25(36)14-30(43-17)46-32-18(2)44-29(15-26(32)37)45-21-7-9-33(3)20(12-21)5-6-23-24(33)13-27(38)34(4)22(8-10-35(23,34)41)19-11-28(39)42-16-19/h11,17-18,20-27,29-32,36-38,40-41H,5-10,12-16H2,1-4H3/t17-,18-,20-,21+,22-,23-,24+,25+,26+,27-,29?,30+,31-,32-,33+,34+,35+/m1/s1. The Labute approximate surface area is 271 Å². The Hall–Kier alpha value is -1.15. The largest absolute Gasteiger partial charge is 0.458 e. The van der Waals surface area contributed by atoms with E-state index in [4.69, 9.17) is 23.7 Å². The predicted molar refractivity (Wildman–Crippen MR) is 163 cm³/mol. The number of fused-ring (bicyclic) bond motifs is 5. The van der Waals surface area contributed by atoms with E-state index in [1.54, 1.807) is 13.0 Å². The molecule has 4 aliphatic carbocycles. The van der Waals surface area contributed by atoms with E-state index in [-0.39, 0.29) is 54.7 Å². The number of carbonyl (C=O) groups excluding carboxylic acids is 1. The Balaban J connectivity index is 0.976. The number of carbonyl (C=O) groups is 1. The summed E-state index contributed by atoms with van der Waals surface area (Å²) in [5.41, 5.74) is -0.819. The van der Waals surface area contributed by atoms with Gasteiger partial charge in [0.2, 0.25) is 0 Å². The van der Waals surface area contributed by atoms with Gasteiger partial charge >= 0.3 is 5.97 Å². The first-order chi connectivity index (χ1) is 21.7. The van der Waals surface area contributed by atoms with Crippen LogP contribution < -0.4 is 0 Å². The fourth-order valence-corrected chi connectivity index (χ4v) is 11.3. The van der Waals surface area contributed by atoms with E-state index in [0.29, 0.717) is 18.8 Å². The molecule has 0 bridgehead atoms. The summed E-state index contributed by atoms with van der Waals surface area (Å²) in [7, 11) is 0. The lowest BCUT2D eigenvalue weighted by molar-refractivity contribution is -0.318. The summed E-state index contributed by atoms with van der Waals surface area (Å²) in [6.07, 6.45) is 2.09. The van der Waals surface area contributed by atoms with Crippen LogP contribution in [0.2, 0.25) is 0 Å². The second kappa shape index (κ2) is 12.0. The van der Waals surface area contributed by atoms with E-state index in [9.17, 15) is 30.3 Å². The fourth-order valence-electron chi connectivity index (χ4n) is 11.3. The maximum atomic E-state index is 12.5. The van der Waals surface area contributed by atoms with Gasteiger partial charge in [0.05, 0.1) is 42.2 Å². The van der Waals surface area contributed by atoms with Gasteiger partial charge in [-0.05, 0) is 99.9 Å². The third-order valence-electron chi connectivity index (χ3n) is 14.0. The minimum Gasteiger partial charge on any atom is -0.458 e. The molecule has 0 aromatic carbocycles.